The van der Waals surface area contributed by atoms with Crippen molar-refractivity contribution in [2.75, 3.05) is 33.3 Å². The standard InChI is InChI=1S/C26H25ClN2O4/c1-32-22-6-4-5-20(17-22)25(30)28-13-15-29(16-14-28)26(31)23-7-2-3-8-24(23)33-18-19-9-11-21(27)12-10-19/h2-12,17H,13-16,18H2,1H3. The van der Waals surface area contributed by atoms with Crippen LogP contribution in [-0.4, -0.2) is 54.9 Å². The first-order valence-electron chi connectivity index (χ1n) is 10.7. The summed E-state index contributed by atoms with van der Waals surface area (Å²) in [5, 5.41) is 0.665. The van der Waals surface area contributed by atoms with Gasteiger partial charge in [-0.25, -0.2) is 0 Å². The van der Waals surface area contributed by atoms with Crippen LogP contribution in [0.25, 0.3) is 0 Å². The number of rotatable bonds is 6. The molecule has 7 heteroatoms. The molecule has 6 nitrogen and oxygen atoms in total. The minimum Gasteiger partial charge on any atom is -0.497 e. The highest BCUT2D eigenvalue weighted by molar-refractivity contribution is 6.30. The molecular formula is C26H25ClN2O4. The van der Waals surface area contributed by atoms with Crippen LogP contribution in [-0.2, 0) is 6.61 Å². The molecule has 0 saturated carbocycles. The first-order chi connectivity index (χ1) is 16.0. The van der Waals surface area contributed by atoms with Gasteiger partial charge in [-0.15, -0.1) is 0 Å². The van der Waals surface area contributed by atoms with E-state index in [4.69, 9.17) is 21.1 Å². The Hall–Kier alpha value is -3.51. The molecule has 0 aliphatic carbocycles. The largest absolute Gasteiger partial charge is 0.497 e. The highest BCUT2D eigenvalue weighted by Crippen LogP contribution is 2.23. The Morgan fingerprint density at radius 2 is 1.52 bits per heavy atom. The number of carbonyl (C=O) groups excluding carboxylic acids is 2. The lowest BCUT2D eigenvalue weighted by molar-refractivity contribution is 0.0532. The topological polar surface area (TPSA) is 59.1 Å². The highest BCUT2D eigenvalue weighted by Gasteiger charge is 2.27. The van der Waals surface area contributed by atoms with Crippen molar-refractivity contribution >= 4 is 23.4 Å². The molecule has 0 spiro atoms. The van der Waals surface area contributed by atoms with Gasteiger partial charge in [0.1, 0.15) is 18.1 Å². The summed E-state index contributed by atoms with van der Waals surface area (Å²) in [6, 6.07) is 21.8. The van der Waals surface area contributed by atoms with E-state index in [9.17, 15) is 9.59 Å². The van der Waals surface area contributed by atoms with Crippen molar-refractivity contribution in [3.05, 3.63) is 94.5 Å². The number of methoxy groups -OCH3 is 1. The lowest BCUT2D eigenvalue weighted by atomic mass is 10.1. The van der Waals surface area contributed by atoms with Gasteiger partial charge >= 0.3 is 0 Å². The third-order valence-electron chi connectivity index (χ3n) is 5.60. The smallest absolute Gasteiger partial charge is 0.257 e. The van der Waals surface area contributed by atoms with Gasteiger partial charge in [-0.3, -0.25) is 9.59 Å². The fraction of sp³-hybridized carbons (Fsp3) is 0.231. The number of halogens is 1. The summed E-state index contributed by atoms with van der Waals surface area (Å²) in [5.74, 6) is 1.01. The summed E-state index contributed by atoms with van der Waals surface area (Å²) in [4.78, 5) is 29.6. The molecule has 3 aromatic rings. The molecule has 1 aliphatic heterocycles. The predicted octanol–water partition coefficient (Wildman–Crippen LogP) is 4.53. The van der Waals surface area contributed by atoms with Crippen LogP contribution in [0.2, 0.25) is 5.02 Å². The van der Waals surface area contributed by atoms with Crippen LogP contribution in [0.4, 0.5) is 0 Å². The molecular weight excluding hydrogens is 440 g/mol. The van der Waals surface area contributed by atoms with Crippen LogP contribution in [0, 0.1) is 0 Å². The Morgan fingerprint density at radius 3 is 2.21 bits per heavy atom. The monoisotopic (exact) mass is 464 g/mol. The fourth-order valence-corrected chi connectivity index (χ4v) is 3.86. The third kappa shape index (κ3) is 5.46. The van der Waals surface area contributed by atoms with Crippen LogP contribution in [0.1, 0.15) is 26.3 Å². The second-order valence-corrected chi connectivity index (χ2v) is 8.16. The Morgan fingerprint density at radius 1 is 0.848 bits per heavy atom. The number of para-hydroxylation sites is 1. The van der Waals surface area contributed by atoms with Crippen molar-refractivity contribution in [2.24, 2.45) is 0 Å². The average Bonchev–Trinajstić information content (AvgIpc) is 2.88. The Bertz CT molecular complexity index is 1130. The molecule has 0 unspecified atom stereocenters. The normalized spacial score (nSPS) is 13.5. The number of piperazine rings is 1. The van der Waals surface area contributed by atoms with Crippen LogP contribution in [0.15, 0.2) is 72.8 Å². The van der Waals surface area contributed by atoms with E-state index in [0.29, 0.717) is 60.4 Å². The summed E-state index contributed by atoms with van der Waals surface area (Å²) in [5.41, 5.74) is 2.06. The van der Waals surface area contributed by atoms with Gasteiger partial charge < -0.3 is 19.3 Å². The lowest BCUT2D eigenvalue weighted by Crippen LogP contribution is -2.50. The first kappa shape index (κ1) is 22.7. The molecule has 3 aromatic carbocycles. The minimum atomic E-state index is -0.102. The summed E-state index contributed by atoms with van der Waals surface area (Å²) < 4.78 is 11.2. The summed E-state index contributed by atoms with van der Waals surface area (Å²) in [6.45, 7) is 2.19. The second kappa shape index (κ2) is 10.4. The molecule has 170 valence electrons. The lowest BCUT2D eigenvalue weighted by Gasteiger charge is -2.35. The van der Waals surface area contributed by atoms with Gasteiger partial charge in [-0.2, -0.15) is 0 Å². The zero-order valence-corrected chi connectivity index (χ0v) is 19.1. The van der Waals surface area contributed by atoms with E-state index < -0.39 is 0 Å². The molecule has 2 amide bonds. The van der Waals surface area contributed by atoms with E-state index in [1.165, 1.54) is 0 Å². The van der Waals surface area contributed by atoms with Gasteiger partial charge in [-0.1, -0.05) is 41.9 Å². The number of carbonyl (C=O) groups is 2. The molecule has 1 aliphatic rings. The zero-order valence-electron chi connectivity index (χ0n) is 18.4. The van der Waals surface area contributed by atoms with E-state index in [0.717, 1.165) is 5.56 Å². The molecule has 0 aromatic heterocycles. The van der Waals surface area contributed by atoms with Gasteiger partial charge in [0.15, 0.2) is 0 Å². The molecule has 0 N–H and O–H groups in total. The molecule has 4 rings (SSSR count). The van der Waals surface area contributed by atoms with Crippen LogP contribution >= 0.6 is 11.6 Å². The Kier molecular flexibility index (Phi) is 7.15. The van der Waals surface area contributed by atoms with Crippen molar-refractivity contribution in [1.29, 1.82) is 0 Å². The molecule has 33 heavy (non-hydrogen) atoms. The van der Waals surface area contributed by atoms with E-state index in [2.05, 4.69) is 0 Å². The van der Waals surface area contributed by atoms with E-state index in [1.807, 2.05) is 36.4 Å². The van der Waals surface area contributed by atoms with Crippen molar-refractivity contribution in [3.63, 3.8) is 0 Å². The maximum atomic E-state index is 13.2. The summed E-state index contributed by atoms with van der Waals surface area (Å²) >= 11 is 5.94. The number of ether oxygens (including phenoxy) is 2. The highest BCUT2D eigenvalue weighted by atomic mass is 35.5. The van der Waals surface area contributed by atoms with Gasteiger partial charge in [0.25, 0.3) is 11.8 Å². The number of hydrogen-bond acceptors (Lipinski definition) is 4. The number of benzene rings is 3. The van der Waals surface area contributed by atoms with Crippen molar-refractivity contribution in [2.45, 2.75) is 6.61 Å². The van der Waals surface area contributed by atoms with Gasteiger partial charge in [-0.05, 0) is 48.0 Å². The molecule has 1 heterocycles. The first-order valence-corrected chi connectivity index (χ1v) is 11.1. The summed E-state index contributed by atoms with van der Waals surface area (Å²) in [6.07, 6.45) is 0. The maximum Gasteiger partial charge on any atom is 0.257 e. The molecule has 0 radical (unpaired) electrons. The van der Waals surface area contributed by atoms with Crippen LogP contribution in [0.3, 0.4) is 0 Å². The van der Waals surface area contributed by atoms with Crippen molar-refractivity contribution in [1.82, 2.24) is 9.80 Å². The average molecular weight is 465 g/mol. The quantitative estimate of drug-likeness (QED) is 0.538. The van der Waals surface area contributed by atoms with Crippen molar-refractivity contribution < 1.29 is 19.1 Å². The maximum absolute atomic E-state index is 13.2. The summed E-state index contributed by atoms with van der Waals surface area (Å²) in [7, 11) is 1.57. The fourth-order valence-electron chi connectivity index (χ4n) is 3.73. The van der Waals surface area contributed by atoms with E-state index >= 15 is 0 Å². The Labute approximate surface area is 198 Å². The zero-order chi connectivity index (χ0) is 23.2. The third-order valence-corrected chi connectivity index (χ3v) is 5.85. The molecule has 1 saturated heterocycles. The van der Waals surface area contributed by atoms with Gasteiger partial charge in [0.05, 0.1) is 12.7 Å². The van der Waals surface area contributed by atoms with Gasteiger partial charge in [0.2, 0.25) is 0 Å². The second-order valence-electron chi connectivity index (χ2n) is 7.73. The molecule has 1 fully saturated rings. The van der Waals surface area contributed by atoms with Gasteiger partial charge in [0, 0.05) is 36.8 Å². The molecule has 0 atom stereocenters. The van der Waals surface area contributed by atoms with Crippen LogP contribution < -0.4 is 9.47 Å². The number of amides is 2. The number of nitrogens with zero attached hydrogens (tertiary/aromatic N) is 2. The number of hydrogen-bond donors (Lipinski definition) is 0. The van der Waals surface area contributed by atoms with E-state index in [1.54, 1.807) is 53.3 Å². The van der Waals surface area contributed by atoms with E-state index in [-0.39, 0.29) is 11.8 Å². The van der Waals surface area contributed by atoms with Crippen LogP contribution in [0.5, 0.6) is 11.5 Å². The Balaban J connectivity index is 1.38. The van der Waals surface area contributed by atoms with Crippen molar-refractivity contribution in [3.8, 4) is 11.5 Å². The molecule has 0 bridgehead atoms. The minimum absolute atomic E-state index is 0.0623. The predicted molar refractivity (Wildman–Crippen MR) is 127 cm³/mol. The SMILES string of the molecule is COc1cccc(C(=O)N2CCN(C(=O)c3ccccc3OCc3ccc(Cl)cc3)CC2)c1.